The Kier molecular flexibility index (Phi) is 4.41. The number of ketones is 1. The second kappa shape index (κ2) is 6.73. The van der Waals surface area contributed by atoms with Gasteiger partial charge in [-0.3, -0.25) is 14.5 Å². The highest BCUT2D eigenvalue weighted by atomic mass is 35.5. The number of anilines is 1. The quantitative estimate of drug-likeness (QED) is 0.735. The van der Waals surface area contributed by atoms with E-state index in [0.717, 1.165) is 35.4 Å². The van der Waals surface area contributed by atoms with E-state index >= 15 is 0 Å². The van der Waals surface area contributed by atoms with Crippen LogP contribution in [0.15, 0.2) is 59.8 Å². The molecule has 0 spiro atoms. The average Bonchev–Trinajstić information content (AvgIpc) is 2.62. The van der Waals surface area contributed by atoms with Gasteiger partial charge in [0.25, 0.3) is 0 Å². The van der Waals surface area contributed by atoms with Gasteiger partial charge in [0.2, 0.25) is 5.91 Å². The minimum absolute atomic E-state index is 0.0197. The summed E-state index contributed by atoms with van der Waals surface area (Å²) < 4.78 is 0. The van der Waals surface area contributed by atoms with Crippen molar-refractivity contribution < 1.29 is 9.59 Å². The van der Waals surface area contributed by atoms with Gasteiger partial charge in [-0.2, -0.15) is 0 Å². The first-order valence-electron chi connectivity index (χ1n) is 8.96. The second-order valence-electron chi connectivity index (χ2n) is 7.01. The Bertz CT molecular complexity index is 914. The van der Waals surface area contributed by atoms with Gasteiger partial charge in [-0.05, 0) is 43.5 Å². The van der Waals surface area contributed by atoms with E-state index < -0.39 is 0 Å². The van der Waals surface area contributed by atoms with E-state index in [1.807, 2.05) is 43.3 Å². The number of halogens is 1. The molecule has 4 rings (SSSR count). The number of benzene rings is 2. The average molecular weight is 366 g/mol. The number of allylic oxidation sites excluding steroid dienone is 2. The molecule has 26 heavy (non-hydrogen) atoms. The van der Waals surface area contributed by atoms with Crippen LogP contribution in [0.3, 0.4) is 0 Å². The van der Waals surface area contributed by atoms with Crippen LogP contribution in [-0.2, 0) is 9.59 Å². The summed E-state index contributed by atoms with van der Waals surface area (Å²) in [5.74, 6) is 0.0315. The monoisotopic (exact) mass is 365 g/mol. The van der Waals surface area contributed by atoms with Crippen molar-refractivity contribution in [1.29, 1.82) is 0 Å². The number of hydrogen-bond donors (Lipinski definition) is 0. The van der Waals surface area contributed by atoms with Gasteiger partial charge in [-0.1, -0.05) is 47.5 Å². The molecule has 0 saturated carbocycles. The molecule has 0 radical (unpaired) electrons. The van der Waals surface area contributed by atoms with E-state index in [9.17, 15) is 9.59 Å². The summed E-state index contributed by atoms with van der Waals surface area (Å²) in [6, 6.07) is 15.4. The van der Waals surface area contributed by atoms with Crippen LogP contribution in [0.5, 0.6) is 0 Å². The SMILES string of the molecule is Cc1ccc(C2CC(=O)N(c3cccc(Cl)c3)C3=C2C(=O)CCC3)cc1. The van der Waals surface area contributed by atoms with E-state index in [1.54, 1.807) is 17.0 Å². The standard InChI is InChI=1S/C22H20ClNO2/c1-14-8-10-15(11-9-14)18-13-21(26)24(17-5-2-4-16(23)12-17)19-6-3-7-20(25)22(18)19/h2,4-5,8-12,18H,3,6-7,13H2,1H3. The maximum Gasteiger partial charge on any atom is 0.232 e. The maximum absolute atomic E-state index is 13.1. The number of amides is 1. The fourth-order valence-electron chi connectivity index (χ4n) is 3.99. The summed E-state index contributed by atoms with van der Waals surface area (Å²) in [6.45, 7) is 2.03. The van der Waals surface area contributed by atoms with Gasteiger partial charge in [-0.15, -0.1) is 0 Å². The van der Waals surface area contributed by atoms with Crippen molar-refractivity contribution in [1.82, 2.24) is 0 Å². The third-order valence-electron chi connectivity index (χ3n) is 5.22. The zero-order chi connectivity index (χ0) is 18.3. The van der Waals surface area contributed by atoms with Gasteiger partial charge in [0.15, 0.2) is 5.78 Å². The molecule has 2 aromatic rings. The molecule has 1 atom stereocenters. The molecule has 2 aliphatic rings. The van der Waals surface area contributed by atoms with Crippen LogP contribution in [0.4, 0.5) is 5.69 Å². The zero-order valence-corrected chi connectivity index (χ0v) is 15.4. The summed E-state index contributed by atoms with van der Waals surface area (Å²) >= 11 is 6.13. The number of hydrogen-bond acceptors (Lipinski definition) is 2. The minimum atomic E-state index is -0.152. The van der Waals surface area contributed by atoms with E-state index in [-0.39, 0.29) is 17.6 Å². The first kappa shape index (κ1) is 17.0. The first-order chi connectivity index (χ1) is 12.5. The number of carbonyl (C=O) groups excluding carboxylic acids is 2. The third kappa shape index (κ3) is 2.97. The summed E-state index contributed by atoms with van der Waals surface area (Å²) in [5.41, 5.74) is 4.61. The highest BCUT2D eigenvalue weighted by Crippen LogP contribution is 2.43. The summed E-state index contributed by atoms with van der Waals surface area (Å²) in [7, 11) is 0. The number of rotatable bonds is 2. The van der Waals surface area contributed by atoms with Gasteiger partial charge >= 0.3 is 0 Å². The van der Waals surface area contributed by atoms with Gasteiger partial charge in [0.05, 0.1) is 5.69 Å². The lowest BCUT2D eigenvalue weighted by molar-refractivity contribution is -0.119. The van der Waals surface area contributed by atoms with E-state index in [2.05, 4.69) is 0 Å². The molecule has 2 aromatic carbocycles. The predicted octanol–water partition coefficient (Wildman–Crippen LogP) is 5.18. The summed E-state index contributed by atoms with van der Waals surface area (Å²) in [4.78, 5) is 27.6. The van der Waals surface area contributed by atoms with Gasteiger partial charge in [-0.25, -0.2) is 0 Å². The fourth-order valence-corrected chi connectivity index (χ4v) is 4.18. The Morgan fingerprint density at radius 3 is 2.54 bits per heavy atom. The van der Waals surface area contributed by atoms with Crippen LogP contribution < -0.4 is 4.90 Å². The van der Waals surface area contributed by atoms with Crippen molar-refractivity contribution in [3.05, 3.63) is 76.0 Å². The first-order valence-corrected chi connectivity index (χ1v) is 9.34. The van der Waals surface area contributed by atoms with E-state index in [0.29, 0.717) is 17.9 Å². The molecule has 1 unspecified atom stereocenters. The molecule has 1 heterocycles. The van der Waals surface area contributed by atoms with Gasteiger partial charge < -0.3 is 0 Å². The lowest BCUT2D eigenvalue weighted by Gasteiger charge is -2.38. The lowest BCUT2D eigenvalue weighted by atomic mass is 9.77. The second-order valence-corrected chi connectivity index (χ2v) is 7.45. The molecule has 132 valence electrons. The Balaban J connectivity index is 1.85. The Morgan fingerprint density at radius 2 is 1.81 bits per heavy atom. The van der Waals surface area contributed by atoms with Crippen molar-refractivity contribution in [3.8, 4) is 0 Å². The molecule has 1 aliphatic heterocycles. The Labute approximate surface area is 158 Å². The van der Waals surface area contributed by atoms with Crippen LogP contribution in [0.25, 0.3) is 0 Å². The maximum atomic E-state index is 13.1. The normalized spacial score (nSPS) is 20.4. The molecule has 0 bridgehead atoms. The van der Waals surface area contributed by atoms with Crippen LogP contribution in [0.1, 0.15) is 42.7 Å². The van der Waals surface area contributed by atoms with Crippen molar-refractivity contribution in [2.75, 3.05) is 4.90 Å². The Morgan fingerprint density at radius 1 is 1.04 bits per heavy atom. The van der Waals surface area contributed by atoms with Crippen molar-refractivity contribution in [3.63, 3.8) is 0 Å². The summed E-state index contributed by atoms with van der Waals surface area (Å²) in [5, 5.41) is 0.584. The number of aryl methyl sites for hydroxylation is 1. The van der Waals surface area contributed by atoms with Crippen LogP contribution in [0.2, 0.25) is 5.02 Å². The molecular weight excluding hydrogens is 346 g/mol. The molecule has 0 saturated heterocycles. The number of carbonyl (C=O) groups is 2. The topological polar surface area (TPSA) is 37.4 Å². The molecule has 0 N–H and O–H groups in total. The number of Topliss-reactive ketones (excluding diaryl/α,β-unsaturated/α-hetero) is 1. The smallest absolute Gasteiger partial charge is 0.232 e. The molecule has 0 aromatic heterocycles. The highest BCUT2D eigenvalue weighted by molar-refractivity contribution is 6.31. The summed E-state index contributed by atoms with van der Waals surface area (Å²) in [6.07, 6.45) is 2.38. The molecule has 1 amide bonds. The van der Waals surface area contributed by atoms with Crippen molar-refractivity contribution >= 4 is 29.0 Å². The molecule has 4 heteroatoms. The minimum Gasteiger partial charge on any atom is -0.294 e. The third-order valence-corrected chi connectivity index (χ3v) is 5.46. The number of nitrogens with zero attached hydrogens (tertiary/aromatic N) is 1. The van der Waals surface area contributed by atoms with Crippen LogP contribution in [0, 0.1) is 6.92 Å². The van der Waals surface area contributed by atoms with Crippen LogP contribution in [-0.4, -0.2) is 11.7 Å². The van der Waals surface area contributed by atoms with E-state index in [4.69, 9.17) is 11.6 Å². The van der Waals surface area contributed by atoms with Gasteiger partial charge in [0, 0.05) is 35.1 Å². The van der Waals surface area contributed by atoms with Crippen LogP contribution >= 0.6 is 11.6 Å². The molecule has 1 aliphatic carbocycles. The molecular formula is C22H20ClNO2. The highest BCUT2D eigenvalue weighted by Gasteiger charge is 2.39. The Hall–Kier alpha value is -2.39. The molecule has 0 fully saturated rings. The largest absolute Gasteiger partial charge is 0.294 e. The van der Waals surface area contributed by atoms with Gasteiger partial charge in [0.1, 0.15) is 0 Å². The van der Waals surface area contributed by atoms with E-state index in [1.165, 1.54) is 5.56 Å². The predicted molar refractivity (Wildman–Crippen MR) is 103 cm³/mol. The fraction of sp³-hybridized carbons (Fsp3) is 0.273. The van der Waals surface area contributed by atoms with Crippen molar-refractivity contribution in [2.45, 2.75) is 38.5 Å². The van der Waals surface area contributed by atoms with Crippen molar-refractivity contribution in [2.24, 2.45) is 0 Å². The lowest BCUT2D eigenvalue weighted by Crippen LogP contribution is -2.40. The zero-order valence-electron chi connectivity index (χ0n) is 14.7. The molecule has 3 nitrogen and oxygen atoms in total.